The third-order valence-corrected chi connectivity index (χ3v) is 4.19. The molecule has 0 bridgehead atoms. The van der Waals surface area contributed by atoms with Gasteiger partial charge in [-0.1, -0.05) is 30.3 Å². The summed E-state index contributed by atoms with van der Waals surface area (Å²) in [4.78, 5) is 4.26. The zero-order valence-electron chi connectivity index (χ0n) is 12.3. The van der Waals surface area contributed by atoms with Gasteiger partial charge in [-0.05, 0) is 31.2 Å². The summed E-state index contributed by atoms with van der Waals surface area (Å²) in [6.07, 6.45) is 8.54. The molecular weight excluding hydrogens is 262 g/mol. The summed E-state index contributed by atoms with van der Waals surface area (Å²) >= 11 is 0. The number of nitrogens with zero attached hydrogens (tertiary/aromatic N) is 2. The first kappa shape index (κ1) is 14.3. The van der Waals surface area contributed by atoms with E-state index in [4.69, 9.17) is 10.5 Å². The van der Waals surface area contributed by atoms with Gasteiger partial charge in [0.1, 0.15) is 0 Å². The molecule has 0 saturated heterocycles. The Morgan fingerprint density at radius 3 is 2.67 bits per heavy atom. The summed E-state index contributed by atoms with van der Waals surface area (Å²) in [5.41, 5.74) is 8.26. The first-order chi connectivity index (χ1) is 10.3. The van der Waals surface area contributed by atoms with Crippen molar-refractivity contribution in [3.8, 4) is 11.3 Å². The van der Waals surface area contributed by atoms with E-state index in [1.54, 1.807) is 0 Å². The molecule has 4 nitrogen and oxygen atoms in total. The summed E-state index contributed by atoms with van der Waals surface area (Å²) in [6.45, 7) is 1.57. The Bertz CT molecular complexity index is 544. The molecule has 1 fully saturated rings. The van der Waals surface area contributed by atoms with E-state index in [1.807, 2.05) is 18.6 Å². The van der Waals surface area contributed by atoms with Crippen LogP contribution in [0.3, 0.4) is 0 Å². The molecule has 0 atom stereocenters. The van der Waals surface area contributed by atoms with Gasteiger partial charge in [-0.15, -0.1) is 0 Å². The van der Waals surface area contributed by atoms with Crippen molar-refractivity contribution in [2.75, 3.05) is 6.61 Å². The number of hydrogen-bond donors (Lipinski definition) is 1. The molecule has 1 aliphatic carbocycles. The van der Waals surface area contributed by atoms with Crippen molar-refractivity contribution >= 4 is 0 Å². The zero-order chi connectivity index (χ0) is 14.5. The number of nitrogens with two attached hydrogens (primary N) is 1. The smallest absolute Gasteiger partial charge is 0.0951 e. The minimum atomic E-state index is 0.378. The molecule has 2 aromatic rings. The van der Waals surface area contributed by atoms with Crippen LogP contribution in [-0.4, -0.2) is 28.3 Å². The molecular formula is C17H23N3O. The van der Waals surface area contributed by atoms with Crippen LogP contribution in [0.5, 0.6) is 0 Å². The van der Waals surface area contributed by atoms with E-state index in [9.17, 15) is 0 Å². The normalized spacial score (nSPS) is 22.3. The SMILES string of the molecule is NC1CCC(OCCn2cncc2-c2ccccc2)CC1. The molecule has 2 N–H and O–H groups in total. The summed E-state index contributed by atoms with van der Waals surface area (Å²) < 4.78 is 8.15. The molecule has 3 rings (SSSR count). The van der Waals surface area contributed by atoms with Gasteiger partial charge in [0.2, 0.25) is 0 Å². The summed E-state index contributed by atoms with van der Waals surface area (Å²) in [5.74, 6) is 0. The molecule has 0 aliphatic heterocycles. The summed E-state index contributed by atoms with van der Waals surface area (Å²) in [5, 5.41) is 0. The van der Waals surface area contributed by atoms with Crippen LogP contribution in [0.4, 0.5) is 0 Å². The standard InChI is InChI=1S/C17H23N3O/c18-15-6-8-16(9-7-15)21-11-10-20-13-19-12-17(20)14-4-2-1-3-5-14/h1-5,12-13,15-16H,6-11,18H2. The van der Waals surface area contributed by atoms with Gasteiger partial charge in [0.05, 0.1) is 30.9 Å². The fraction of sp³-hybridized carbons (Fsp3) is 0.471. The molecule has 4 heteroatoms. The van der Waals surface area contributed by atoms with Crippen LogP contribution >= 0.6 is 0 Å². The highest BCUT2D eigenvalue weighted by molar-refractivity contribution is 5.58. The van der Waals surface area contributed by atoms with Crippen LogP contribution < -0.4 is 5.73 Å². The fourth-order valence-corrected chi connectivity index (χ4v) is 2.92. The second kappa shape index (κ2) is 6.87. The first-order valence-corrected chi connectivity index (χ1v) is 7.75. The van der Waals surface area contributed by atoms with E-state index >= 15 is 0 Å². The molecule has 1 aromatic carbocycles. The lowest BCUT2D eigenvalue weighted by molar-refractivity contribution is 0.0211. The van der Waals surface area contributed by atoms with Gasteiger partial charge in [-0.25, -0.2) is 4.98 Å². The Hall–Kier alpha value is -1.65. The number of rotatable bonds is 5. The quantitative estimate of drug-likeness (QED) is 0.919. The van der Waals surface area contributed by atoms with E-state index in [0.29, 0.717) is 12.1 Å². The molecule has 21 heavy (non-hydrogen) atoms. The van der Waals surface area contributed by atoms with Crippen LogP contribution in [0.2, 0.25) is 0 Å². The maximum absolute atomic E-state index is 5.99. The summed E-state index contributed by atoms with van der Waals surface area (Å²) in [6, 6.07) is 10.7. The number of hydrogen-bond acceptors (Lipinski definition) is 3. The monoisotopic (exact) mass is 285 g/mol. The van der Waals surface area contributed by atoms with Crippen LogP contribution in [0, 0.1) is 0 Å². The predicted octanol–water partition coefficient (Wildman–Crippen LogP) is 2.84. The van der Waals surface area contributed by atoms with Crippen molar-refractivity contribution in [2.24, 2.45) is 5.73 Å². The molecule has 0 unspecified atom stereocenters. The van der Waals surface area contributed by atoms with E-state index in [2.05, 4.69) is 33.8 Å². The molecule has 0 amide bonds. The lowest BCUT2D eigenvalue weighted by Crippen LogP contribution is -2.30. The third-order valence-electron chi connectivity index (χ3n) is 4.19. The first-order valence-electron chi connectivity index (χ1n) is 7.75. The van der Waals surface area contributed by atoms with Crippen molar-refractivity contribution in [1.82, 2.24) is 9.55 Å². The lowest BCUT2D eigenvalue weighted by atomic mass is 9.94. The topological polar surface area (TPSA) is 53.1 Å². The molecule has 112 valence electrons. The lowest BCUT2D eigenvalue weighted by Gasteiger charge is -2.26. The fourth-order valence-electron chi connectivity index (χ4n) is 2.92. The minimum absolute atomic E-state index is 0.378. The van der Waals surface area contributed by atoms with Crippen LogP contribution in [0.25, 0.3) is 11.3 Å². The minimum Gasteiger partial charge on any atom is -0.376 e. The Balaban J connectivity index is 1.53. The Morgan fingerprint density at radius 1 is 1.14 bits per heavy atom. The average molecular weight is 285 g/mol. The molecule has 0 radical (unpaired) electrons. The van der Waals surface area contributed by atoms with Crippen molar-refractivity contribution in [3.05, 3.63) is 42.9 Å². The predicted molar refractivity (Wildman–Crippen MR) is 83.8 cm³/mol. The van der Waals surface area contributed by atoms with E-state index in [1.165, 1.54) is 5.56 Å². The highest BCUT2D eigenvalue weighted by atomic mass is 16.5. The van der Waals surface area contributed by atoms with Gasteiger partial charge in [-0.2, -0.15) is 0 Å². The Morgan fingerprint density at radius 2 is 1.90 bits per heavy atom. The van der Waals surface area contributed by atoms with Crippen molar-refractivity contribution < 1.29 is 4.74 Å². The second-order valence-corrected chi connectivity index (χ2v) is 5.75. The maximum Gasteiger partial charge on any atom is 0.0951 e. The summed E-state index contributed by atoms with van der Waals surface area (Å²) in [7, 11) is 0. The Labute approximate surface area is 125 Å². The number of aromatic nitrogens is 2. The van der Waals surface area contributed by atoms with Crippen molar-refractivity contribution in [2.45, 2.75) is 44.4 Å². The highest BCUT2D eigenvalue weighted by Gasteiger charge is 2.18. The second-order valence-electron chi connectivity index (χ2n) is 5.75. The average Bonchev–Trinajstić information content (AvgIpc) is 2.99. The van der Waals surface area contributed by atoms with Crippen LogP contribution in [0.1, 0.15) is 25.7 Å². The molecule has 1 heterocycles. The van der Waals surface area contributed by atoms with Gasteiger partial charge in [0.15, 0.2) is 0 Å². The van der Waals surface area contributed by atoms with Gasteiger partial charge in [0.25, 0.3) is 0 Å². The third kappa shape index (κ3) is 3.71. The van der Waals surface area contributed by atoms with Gasteiger partial charge in [-0.3, -0.25) is 0 Å². The zero-order valence-corrected chi connectivity index (χ0v) is 12.3. The molecule has 1 saturated carbocycles. The largest absolute Gasteiger partial charge is 0.376 e. The van der Waals surface area contributed by atoms with Gasteiger partial charge >= 0.3 is 0 Å². The van der Waals surface area contributed by atoms with Crippen LogP contribution in [-0.2, 0) is 11.3 Å². The van der Waals surface area contributed by atoms with Crippen molar-refractivity contribution in [1.29, 1.82) is 0 Å². The molecule has 0 spiro atoms. The highest BCUT2D eigenvalue weighted by Crippen LogP contribution is 2.21. The van der Waals surface area contributed by atoms with Crippen LogP contribution in [0.15, 0.2) is 42.9 Å². The molecule has 1 aliphatic rings. The Kier molecular flexibility index (Phi) is 4.68. The van der Waals surface area contributed by atoms with E-state index in [0.717, 1.165) is 44.5 Å². The van der Waals surface area contributed by atoms with Gasteiger partial charge < -0.3 is 15.0 Å². The van der Waals surface area contributed by atoms with E-state index in [-0.39, 0.29) is 0 Å². The van der Waals surface area contributed by atoms with E-state index < -0.39 is 0 Å². The number of ether oxygens (including phenoxy) is 1. The molecule has 1 aromatic heterocycles. The number of benzene rings is 1. The number of imidazole rings is 1. The van der Waals surface area contributed by atoms with Gasteiger partial charge in [0, 0.05) is 12.6 Å². The van der Waals surface area contributed by atoms with Crippen molar-refractivity contribution in [3.63, 3.8) is 0 Å². The maximum atomic E-state index is 5.99.